The maximum atomic E-state index is 12.4. The summed E-state index contributed by atoms with van der Waals surface area (Å²) in [5.74, 6) is 1.16. The quantitative estimate of drug-likeness (QED) is 0.309. The molecule has 2 heterocycles. The smallest absolute Gasteiger partial charge is 0.395 e. The number of terminal acetylenes is 1. The minimum atomic E-state index is -0.707. The van der Waals surface area contributed by atoms with Crippen LogP contribution in [0, 0.1) is 22.5 Å². The van der Waals surface area contributed by atoms with Crippen molar-refractivity contribution in [3.63, 3.8) is 0 Å². The van der Waals surface area contributed by atoms with Gasteiger partial charge >= 0.3 is 11.8 Å². The Kier molecular flexibility index (Phi) is 4.06. The summed E-state index contributed by atoms with van der Waals surface area (Å²) in [6.45, 7) is 0.239. The first-order valence-corrected chi connectivity index (χ1v) is 8.68. The lowest BCUT2D eigenvalue weighted by Crippen LogP contribution is -2.16. The normalized spacial score (nSPS) is 11.7. The molecule has 27 heavy (non-hydrogen) atoms. The Balaban J connectivity index is 1.91. The molecule has 132 valence electrons. The van der Waals surface area contributed by atoms with Crippen LogP contribution in [0.4, 0.5) is 5.88 Å². The van der Waals surface area contributed by atoms with Gasteiger partial charge in [0.25, 0.3) is 0 Å². The van der Waals surface area contributed by atoms with Gasteiger partial charge in [-0.15, -0.1) is 6.42 Å². The van der Waals surface area contributed by atoms with E-state index in [2.05, 4.69) is 10.9 Å². The van der Waals surface area contributed by atoms with Gasteiger partial charge < -0.3 is 8.98 Å². The summed E-state index contributed by atoms with van der Waals surface area (Å²) < 4.78 is 7.66. The van der Waals surface area contributed by atoms with E-state index in [0.717, 1.165) is 27.1 Å². The van der Waals surface area contributed by atoms with E-state index in [9.17, 15) is 14.9 Å². The van der Waals surface area contributed by atoms with Crippen molar-refractivity contribution in [3.05, 3.63) is 69.2 Å². The van der Waals surface area contributed by atoms with Crippen molar-refractivity contribution in [3.8, 4) is 12.3 Å². The van der Waals surface area contributed by atoms with Crippen LogP contribution < -0.4 is 4.80 Å². The van der Waals surface area contributed by atoms with Crippen LogP contribution in [0.15, 0.2) is 57.9 Å². The fourth-order valence-corrected chi connectivity index (χ4v) is 3.97. The van der Waals surface area contributed by atoms with Gasteiger partial charge in [0.05, 0.1) is 22.8 Å². The van der Waals surface area contributed by atoms with Gasteiger partial charge in [-0.2, -0.15) is 4.99 Å². The molecule has 0 fully saturated rings. The largest absolute Gasteiger partial charge is 0.433 e. The first-order valence-electron chi connectivity index (χ1n) is 7.86. The van der Waals surface area contributed by atoms with Crippen molar-refractivity contribution in [2.24, 2.45) is 4.99 Å². The molecule has 0 N–H and O–H groups in total. The van der Waals surface area contributed by atoms with Gasteiger partial charge in [-0.3, -0.25) is 14.9 Å². The molecule has 0 spiro atoms. The molecule has 0 bridgehead atoms. The van der Waals surface area contributed by atoms with Crippen LogP contribution in [0.5, 0.6) is 0 Å². The molecule has 0 saturated heterocycles. The maximum absolute atomic E-state index is 12.4. The van der Waals surface area contributed by atoms with Crippen molar-refractivity contribution < 1.29 is 14.1 Å². The van der Waals surface area contributed by atoms with Crippen molar-refractivity contribution in [1.82, 2.24) is 4.57 Å². The lowest BCUT2D eigenvalue weighted by molar-refractivity contribution is -0.402. The van der Waals surface area contributed by atoms with E-state index in [4.69, 9.17) is 10.8 Å². The van der Waals surface area contributed by atoms with Crippen LogP contribution in [0.1, 0.15) is 10.6 Å². The van der Waals surface area contributed by atoms with Crippen LogP contribution in [0.2, 0.25) is 0 Å². The molecule has 4 aromatic rings. The Morgan fingerprint density at radius 2 is 2.07 bits per heavy atom. The number of hydrogen-bond donors (Lipinski definition) is 0. The summed E-state index contributed by atoms with van der Waals surface area (Å²) in [5, 5.41) is 12.8. The molecule has 2 aromatic heterocycles. The van der Waals surface area contributed by atoms with Crippen LogP contribution in [0.3, 0.4) is 0 Å². The highest BCUT2D eigenvalue weighted by molar-refractivity contribution is 7.17. The third-order valence-corrected chi connectivity index (χ3v) is 5.13. The Labute approximate surface area is 156 Å². The van der Waals surface area contributed by atoms with Gasteiger partial charge in [0.1, 0.15) is 4.92 Å². The van der Waals surface area contributed by atoms with Crippen molar-refractivity contribution >= 4 is 44.1 Å². The van der Waals surface area contributed by atoms with Gasteiger partial charge in [0, 0.05) is 5.39 Å². The predicted molar refractivity (Wildman–Crippen MR) is 101 cm³/mol. The molecule has 4 rings (SSSR count). The Bertz CT molecular complexity index is 1320. The summed E-state index contributed by atoms with van der Waals surface area (Å²) in [7, 11) is 0. The topological polar surface area (TPSA) is 90.6 Å². The minimum Gasteiger partial charge on any atom is -0.395 e. The number of thiazole rings is 1. The summed E-state index contributed by atoms with van der Waals surface area (Å²) in [4.78, 5) is 26.9. The SMILES string of the molecule is C#CCn1c(=NC(=O)c2ccc([N+](=O)[O-])o2)sc2c3ccccc3ccc21. The maximum Gasteiger partial charge on any atom is 0.433 e. The number of fused-ring (bicyclic) bond motifs is 3. The third kappa shape index (κ3) is 2.90. The Hall–Kier alpha value is -3.70. The summed E-state index contributed by atoms with van der Waals surface area (Å²) in [5.41, 5.74) is 0.869. The van der Waals surface area contributed by atoms with Gasteiger partial charge in [-0.05, 0) is 17.5 Å². The molecule has 0 aliphatic rings. The Morgan fingerprint density at radius 1 is 1.26 bits per heavy atom. The molecular formula is C19H11N3O4S. The zero-order valence-electron chi connectivity index (χ0n) is 13.8. The second-order valence-corrected chi connectivity index (χ2v) is 6.60. The zero-order chi connectivity index (χ0) is 19.0. The lowest BCUT2D eigenvalue weighted by Gasteiger charge is -2.01. The van der Waals surface area contributed by atoms with Gasteiger partial charge in [-0.25, -0.2) is 0 Å². The molecule has 8 heteroatoms. The van der Waals surface area contributed by atoms with Crippen LogP contribution >= 0.6 is 11.3 Å². The second kappa shape index (κ2) is 6.55. The molecule has 2 aromatic carbocycles. The summed E-state index contributed by atoms with van der Waals surface area (Å²) in [6.07, 6.45) is 5.48. The number of furan rings is 1. The van der Waals surface area contributed by atoms with E-state index in [1.54, 1.807) is 4.57 Å². The summed E-state index contributed by atoms with van der Waals surface area (Å²) >= 11 is 1.33. The molecule has 0 saturated carbocycles. The molecule has 0 atom stereocenters. The minimum absolute atomic E-state index is 0.198. The van der Waals surface area contributed by atoms with Crippen LogP contribution in [0.25, 0.3) is 21.0 Å². The molecule has 0 radical (unpaired) electrons. The number of carbonyl (C=O) groups is 1. The standard InChI is InChI=1S/C19H11N3O4S/c1-2-11-21-14-8-7-12-5-3-4-6-13(12)17(14)27-19(21)20-18(23)15-9-10-16(26-15)22(24)25/h1,3-10H,11H2. The van der Waals surface area contributed by atoms with E-state index < -0.39 is 16.7 Å². The van der Waals surface area contributed by atoms with Crippen LogP contribution in [-0.4, -0.2) is 15.4 Å². The zero-order valence-corrected chi connectivity index (χ0v) is 14.6. The molecule has 0 aliphatic heterocycles. The molecule has 0 unspecified atom stereocenters. The number of rotatable bonds is 3. The summed E-state index contributed by atoms with van der Waals surface area (Å²) in [6, 6.07) is 14.2. The van der Waals surface area contributed by atoms with Crippen molar-refractivity contribution in [1.29, 1.82) is 0 Å². The van der Waals surface area contributed by atoms with Crippen LogP contribution in [-0.2, 0) is 6.54 Å². The first-order chi connectivity index (χ1) is 13.1. The van der Waals surface area contributed by atoms with E-state index in [1.165, 1.54) is 17.4 Å². The number of benzene rings is 2. The monoisotopic (exact) mass is 377 g/mol. The third-order valence-electron chi connectivity index (χ3n) is 4.00. The predicted octanol–water partition coefficient (Wildman–Crippen LogP) is 3.73. The number of carbonyl (C=O) groups excluding carboxylic acids is 1. The number of nitrogens with zero attached hydrogens (tertiary/aromatic N) is 3. The highest BCUT2D eigenvalue weighted by Crippen LogP contribution is 2.27. The van der Waals surface area contributed by atoms with Gasteiger partial charge in [-0.1, -0.05) is 47.6 Å². The average molecular weight is 377 g/mol. The highest BCUT2D eigenvalue weighted by Gasteiger charge is 2.17. The molecule has 1 amide bonds. The molecule has 7 nitrogen and oxygen atoms in total. The van der Waals surface area contributed by atoms with E-state index >= 15 is 0 Å². The number of aromatic nitrogens is 1. The number of hydrogen-bond acceptors (Lipinski definition) is 5. The first kappa shape index (κ1) is 16.8. The second-order valence-electron chi connectivity index (χ2n) is 5.62. The molecule has 0 aliphatic carbocycles. The van der Waals surface area contributed by atoms with E-state index in [-0.39, 0.29) is 12.3 Å². The Morgan fingerprint density at radius 3 is 2.81 bits per heavy atom. The lowest BCUT2D eigenvalue weighted by atomic mass is 10.1. The number of nitro groups is 1. The molecular weight excluding hydrogens is 366 g/mol. The van der Waals surface area contributed by atoms with Crippen molar-refractivity contribution in [2.45, 2.75) is 6.54 Å². The van der Waals surface area contributed by atoms with Gasteiger partial charge in [0.2, 0.25) is 5.76 Å². The highest BCUT2D eigenvalue weighted by atomic mass is 32.1. The van der Waals surface area contributed by atoms with Crippen molar-refractivity contribution in [2.75, 3.05) is 0 Å². The fraction of sp³-hybridized carbons (Fsp3) is 0.0526. The van der Waals surface area contributed by atoms with Gasteiger partial charge in [0.15, 0.2) is 4.80 Å². The average Bonchev–Trinajstić information content (AvgIpc) is 3.28. The van der Waals surface area contributed by atoms with E-state index in [1.807, 2.05) is 36.4 Å². The fourth-order valence-electron chi connectivity index (χ4n) is 2.81. The van der Waals surface area contributed by atoms with E-state index in [0.29, 0.717) is 4.80 Å². The number of amides is 1.